The van der Waals surface area contributed by atoms with E-state index in [0.29, 0.717) is 16.0 Å². The third-order valence-corrected chi connectivity index (χ3v) is 3.74. The smallest absolute Gasteiger partial charge is 0.264 e. The van der Waals surface area contributed by atoms with Gasteiger partial charge in [-0.3, -0.25) is 4.79 Å². The molecule has 0 unspecified atom stereocenters. The van der Waals surface area contributed by atoms with Crippen molar-refractivity contribution in [3.05, 3.63) is 43.9 Å². The maximum Gasteiger partial charge on any atom is 0.264 e. The Hall–Kier alpha value is -1.37. The maximum atomic E-state index is 11.7. The molecule has 0 aliphatic heterocycles. The van der Waals surface area contributed by atoms with Crippen molar-refractivity contribution in [3.8, 4) is 17.1 Å². The Balaban J connectivity index is 2.40. The SMILES string of the molecule is CCOc1ccc(-c2nc(C)c(I)c(=O)[nH]2)cc1. The molecule has 0 amide bonds. The largest absolute Gasteiger partial charge is 0.494 e. The van der Waals surface area contributed by atoms with Crippen molar-refractivity contribution < 1.29 is 4.74 Å². The highest BCUT2D eigenvalue weighted by molar-refractivity contribution is 14.1. The Morgan fingerprint density at radius 1 is 1.33 bits per heavy atom. The minimum atomic E-state index is -0.105. The number of benzene rings is 1. The van der Waals surface area contributed by atoms with Gasteiger partial charge in [-0.15, -0.1) is 0 Å². The molecular formula is C13H13IN2O2. The van der Waals surface area contributed by atoms with Crippen molar-refractivity contribution in [2.75, 3.05) is 6.61 Å². The van der Waals surface area contributed by atoms with E-state index >= 15 is 0 Å². The number of halogens is 1. The zero-order chi connectivity index (χ0) is 13.1. The van der Waals surface area contributed by atoms with Crippen molar-refractivity contribution >= 4 is 22.6 Å². The summed E-state index contributed by atoms with van der Waals surface area (Å²) in [5.41, 5.74) is 1.50. The van der Waals surface area contributed by atoms with Gasteiger partial charge in [0, 0.05) is 5.56 Å². The molecule has 4 nitrogen and oxygen atoms in total. The van der Waals surface area contributed by atoms with Crippen molar-refractivity contribution in [2.24, 2.45) is 0 Å². The van der Waals surface area contributed by atoms with Crippen LogP contribution in [0.5, 0.6) is 5.75 Å². The number of H-pyrrole nitrogens is 1. The molecule has 0 aliphatic rings. The summed E-state index contributed by atoms with van der Waals surface area (Å²) in [4.78, 5) is 18.8. The summed E-state index contributed by atoms with van der Waals surface area (Å²) in [6.07, 6.45) is 0. The highest BCUT2D eigenvalue weighted by atomic mass is 127. The van der Waals surface area contributed by atoms with Crippen LogP contribution in [0, 0.1) is 10.5 Å². The third-order valence-electron chi connectivity index (χ3n) is 2.47. The summed E-state index contributed by atoms with van der Waals surface area (Å²) in [6, 6.07) is 7.50. The van der Waals surface area contributed by atoms with E-state index in [1.807, 2.05) is 60.7 Å². The van der Waals surface area contributed by atoms with Crippen LogP contribution in [-0.4, -0.2) is 16.6 Å². The second-order valence-corrected chi connectivity index (χ2v) is 4.85. The number of hydrogen-bond acceptors (Lipinski definition) is 3. The summed E-state index contributed by atoms with van der Waals surface area (Å²) < 4.78 is 6.00. The lowest BCUT2D eigenvalue weighted by Crippen LogP contribution is -2.14. The molecule has 5 heteroatoms. The molecule has 18 heavy (non-hydrogen) atoms. The van der Waals surface area contributed by atoms with E-state index in [1.165, 1.54) is 0 Å². The molecule has 0 fully saturated rings. The number of aryl methyl sites for hydroxylation is 1. The quantitative estimate of drug-likeness (QED) is 0.861. The van der Waals surface area contributed by atoms with Crippen LogP contribution in [0.3, 0.4) is 0 Å². The number of nitrogens with zero attached hydrogens (tertiary/aromatic N) is 1. The standard InChI is InChI=1S/C13H13IN2O2/c1-3-18-10-6-4-9(5-7-10)12-15-8(2)11(14)13(17)16-12/h4-7H,3H2,1-2H3,(H,15,16,17). The van der Waals surface area contributed by atoms with Gasteiger partial charge in [-0.1, -0.05) is 0 Å². The molecule has 0 radical (unpaired) electrons. The summed E-state index contributed by atoms with van der Waals surface area (Å²) in [5.74, 6) is 1.40. The fourth-order valence-electron chi connectivity index (χ4n) is 1.58. The molecule has 0 bridgehead atoms. The molecule has 0 aliphatic carbocycles. The average molecular weight is 356 g/mol. The van der Waals surface area contributed by atoms with Crippen molar-refractivity contribution in [2.45, 2.75) is 13.8 Å². The molecule has 0 atom stereocenters. The highest BCUT2D eigenvalue weighted by Crippen LogP contribution is 2.19. The molecule has 0 saturated heterocycles. The first-order chi connectivity index (χ1) is 8.61. The number of hydrogen-bond donors (Lipinski definition) is 1. The topological polar surface area (TPSA) is 55.0 Å². The van der Waals surface area contributed by atoms with Crippen molar-refractivity contribution in [1.29, 1.82) is 0 Å². The number of aromatic nitrogens is 2. The Labute approximate surface area is 119 Å². The zero-order valence-electron chi connectivity index (χ0n) is 10.2. The molecule has 1 N–H and O–H groups in total. The molecule has 0 saturated carbocycles. The van der Waals surface area contributed by atoms with Gasteiger partial charge in [0.05, 0.1) is 15.9 Å². The highest BCUT2D eigenvalue weighted by Gasteiger charge is 2.06. The van der Waals surface area contributed by atoms with Gasteiger partial charge in [-0.05, 0) is 60.7 Å². The van der Waals surface area contributed by atoms with E-state index in [2.05, 4.69) is 9.97 Å². The second kappa shape index (κ2) is 5.51. The Morgan fingerprint density at radius 3 is 2.56 bits per heavy atom. The van der Waals surface area contributed by atoms with Gasteiger partial charge in [-0.2, -0.15) is 0 Å². The predicted octanol–water partition coefficient (Wildman–Crippen LogP) is 2.75. The third kappa shape index (κ3) is 2.72. The Kier molecular flexibility index (Phi) is 4.00. The van der Waals surface area contributed by atoms with Crippen molar-refractivity contribution in [3.63, 3.8) is 0 Å². The van der Waals surface area contributed by atoms with Crippen LogP contribution >= 0.6 is 22.6 Å². The van der Waals surface area contributed by atoms with Gasteiger partial charge in [0.15, 0.2) is 0 Å². The minimum absolute atomic E-state index is 0.105. The molecule has 1 aromatic heterocycles. The second-order valence-electron chi connectivity index (χ2n) is 3.77. The molecule has 94 valence electrons. The van der Waals surface area contributed by atoms with Gasteiger partial charge < -0.3 is 9.72 Å². The van der Waals surface area contributed by atoms with E-state index in [4.69, 9.17) is 4.74 Å². The van der Waals surface area contributed by atoms with E-state index in [0.717, 1.165) is 17.0 Å². The van der Waals surface area contributed by atoms with Gasteiger partial charge in [0.2, 0.25) is 0 Å². The lowest BCUT2D eigenvalue weighted by Gasteiger charge is -2.06. The maximum absolute atomic E-state index is 11.7. The first kappa shape index (κ1) is 13.1. The predicted molar refractivity (Wildman–Crippen MR) is 78.9 cm³/mol. The van der Waals surface area contributed by atoms with Crippen LogP contribution in [-0.2, 0) is 0 Å². The van der Waals surface area contributed by atoms with Crippen LogP contribution in [0.4, 0.5) is 0 Å². The molecule has 2 aromatic rings. The average Bonchev–Trinajstić information content (AvgIpc) is 2.37. The van der Waals surface area contributed by atoms with Crippen LogP contribution < -0.4 is 10.3 Å². The van der Waals surface area contributed by atoms with Gasteiger partial charge in [0.1, 0.15) is 11.6 Å². The van der Waals surface area contributed by atoms with Crippen LogP contribution in [0.25, 0.3) is 11.4 Å². The molecule has 1 aromatic carbocycles. The van der Waals surface area contributed by atoms with E-state index in [9.17, 15) is 4.79 Å². The van der Waals surface area contributed by atoms with Crippen LogP contribution in [0.1, 0.15) is 12.6 Å². The Bertz CT molecular complexity index is 605. The van der Waals surface area contributed by atoms with Crippen molar-refractivity contribution in [1.82, 2.24) is 9.97 Å². The monoisotopic (exact) mass is 356 g/mol. The fraction of sp³-hybridized carbons (Fsp3) is 0.231. The minimum Gasteiger partial charge on any atom is -0.494 e. The lowest BCUT2D eigenvalue weighted by atomic mass is 10.2. The lowest BCUT2D eigenvalue weighted by molar-refractivity contribution is 0.340. The molecule has 2 rings (SSSR count). The van der Waals surface area contributed by atoms with E-state index in [-0.39, 0.29) is 5.56 Å². The number of rotatable bonds is 3. The molecule has 0 spiro atoms. The summed E-state index contributed by atoms with van der Waals surface area (Å²) in [5, 5.41) is 0. The van der Waals surface area contributed by atoms with Gasteiger partial charge >= 0.3 is 0 Å². The summed E-state index contributed by atoms with van der Waals surface area (Å²) in [7, 11) is 0. The Morgan fingerprint density at radius 2 is 2.00 bits per heavy atom. The summed E-state index contributed by atoms with van der Waals surface area (Å²) in [6.45, 7) is 4.40. The van der Waals surface area contributed by atoms with Crippen LogP contribution in [0.15, 0.2) is 29.1 Å². The fourth-order valence-corrected chi connectivity index (χ4v) is 1.84. The summed E-state index contributed by atoms with van der Waals surface area (Å²) >= 11 is 1.99. The number of ether oxygens (including phenoxy) is 1. The molecular weight excluding hydrogens is 343 g/mol. The van der Waals surface area contributed by atoms with Gasteiger partial charge in [-0.25, -0.2) is 4.98 Å². The zero-order valence-corrected chi connectivity index (χ0v) is 12.3. The number of nitrogens with one attached hydrogen (secondary N) is 1. The van der Waals surface area contributed by atoms with E-state index < -0.39 is 0 Å². The van der Waals surface area contributed by atoms with Gasteiger partial charge in [0.25, 0.3) is 5.56 Å². The first-order valence-corrected chi connectivity index (χ1v) is 6.69. The normalized spacial score (nSPS) is 10.4. The van der Waals surface area contributed by atoms with Crippen LogP contribution in [0.2, 0.25) is 0 Å². The first-order valence-electron chi connectivity index (χ1n) is 5.61. The van der Waals surface area contributed by atoms with E-state index in [1.54, 1.807) is 0 Å². The number of aromatic amines is 1. The molecule has 1 heterocycles.